The minimum atomic E-state index is 0.205. The van der Waals surface area contributed by atoms with E-state index < -0.39 is 0 Å². The summed E-state index contributed by atoms with van der Waals surface area (Å²) < 4.78 is 0. The largest absolute Gasteiger partial charge is 0.299 e. The average Bonchev–Trinajstić information content (AvgIpc) is 2.25. The lowest BCUT2D eigenvalue weighted by atomic mass is 9.91. The summed E-state index contributed by atoms with van der Waals surface area (Å²) in [6, 6.07) is 8.43. The van der Waals surface area contributed by atoms with Gasteiger partial charge in [-0.05, 0) is 25.3 Å². The molecule has 0 aliphatic carbocycles. The fourth-order valence-corrected chi connectivity index (χ4v) is 1.90. The first-order chi connectivity index (χ1) is 7.17. The van der Waals surface area contributed by atoms with Crippen LogP contribution in [0.3, 0.4) is 0 Å². The normalized spacial score (nSPS) is 12.5. The Morgan fingerprint density at radius 1 is 1.33 bits per heavy atom. The lowest BCUT2D eigenvalue weighted by Gasteiger charge is -2.12. The minimum absolute atomic E-state index is 0.205. The second-order valence-electron chi connectivity index (χ2n) is 4.12. The molecule has 0 amide bonds. The van der Waals surface area contributed by atoms with E-state index in [0.717, 1.165) is 12.8 Å². The van der Waals surface area contributed by atoms with Crippen molar-refractivity contribution in [2.45, 2.75) is 40.0 Å². The van der Waals surface area contributed by atoms with Gasteiger partial charge in [0.25, 0.3) is 0 Å². The Kier molecular flexibility index (Phi) is 4.54. The average molecular weight is 204 g/mol. The quantitative estimate of drug-likeness (QED) is 0.717. The highest BCUT2D eigenvalue weighted by molar-refractivity contribution is 5.80. The van der Waals surface area contributed by atoms with E-state index in [1.165, 1.54) is 11.1 Å². The number of hydrogen-bond acceptors (Lipinski definition) is 1. The molecule has 0 spiro atoms. The molecule has 0 heterocycles. The summed E-state index contributed by atoms with van der Waals surface area (Å²) in [5.74, 6) is 0.593. The predicted octanol–water partition coefficient (Wildman–Crippen LogP) is 3.54. The van der Waals surface area contributed by atoms with E-state index in [9.17, 15) is 4.79 Å². The van der Waals surface area contributed by atoms with Crippen molar-refractivity contribution >= 4 is 5.78 Å². The van der Waals surface area contributed by atoms with Gasteiger partial charge < -0.3 is 0 Å². The molecule has 0 fully saturated rings. The maximum atomic E-state index is 11.6. The molecule has 0 saturated carbocycles. The number of Topliss-reactive ketones (excluding diaryl/α,β-unsaturated/α-hetero) is 1. The predicted molar refractivity (Wildman–Crippen MR) is 64.0 cm³/mol. The Morgan fingerprint density at radius 3 is 2.60 bits per heavy atom. The van der Waals surface area contributed by atoms with Gasteiger partial charge in [-0.2, -0.15) is 0 Å². The number of carbonyl (C=O) groups excluding carboxylic acids is 1. The Hall–Kier alpha value is -1.11. The van der Waals surface area contributed by atoms with E-state index in [4.69, 9.17) is 0 Å². The van der Waals surface area contributed by atoms with E-state index >= 15 is 0 Å². The van der Waals surface area contributed by atoms with E-state index in [1.807, 2.05) is 6.92 Å². The fourth-order valence-electron chi connectivity index (χ4n) is 1.90. The van der Waals surface area contributed by atoms with Gasteiger partial charge in [0.15, 0.2) is 0 Å². The van der Waals surface area contributed by atoms with Gasteiger partial charge in [-0.3, -0.25) is 4.79 Å². The van der Waals surface area contributed by atoms with Crippen LogP contribution < -0.4 is 0 Å². The number of aryl methyl sites for hydroxylation is 1. The number of carbonyl (C=O) groups is 1. The lowest BCUT2D eigenvalue weighted by Crippen LogP contribution is -2.15. The van der Waals surface area contributed by atoms with E-state index in [0.29, 0.717) is 12.2 Å². The van der Waals surface area contributed by atoms with Crippen molar-refractivity contribution in [3.8, 4) is 0 Å². The van der Waals surface area contributed by atoms with Gasteiger partial charge >= 0.3 is 0 Å². The summed E-state index contributed by atoms with van der Waals surface area (Å²) in [6.07, 6.45) is 2.50. The van der Waals surface area contributed by atoms with Crippen LogP contribution in [0.4, 0.5) is 0 Å². The van der Waals surface area contributed by atoms with Crippen molar-refractivity contribution in [2.24, 2.45) is 5.92 Å². The number of hydrogen-bond donors (Lipinski definition) is 0. The third-order valence-corrected chi connectivity index (χ3v) is 2.86. The number of rotatable bonds is 5. The Balaban J connectivity index is 2.70. The number of ketones is 1. The molecule has 0 saturated heterocycles. The van der Waals surface area contributed by atoms with Gasteiger partial charge in [0, 0.05) is 12.3 Å². The second kappa shape index (κ2) is 5.69. The summed E-state index contributed by atoms with van der Waals surface area (Å²) in [5, 5.41) is 0. The smallest absolute Gasteiger partial charge is 0.136 e. The van der Waals surface area contributed by atoms with Crippen LogP contribution in [-0.2, 0) is 11.2 Å². The molecule has 0 aromatic heterocycles. The van der Waals surface area contributed by atoms with Gasteiger partial charge in [-0.25, -0.2) is 0 Å². The zero-order valence-electron chi connectivity index (χ0n) is 9.92. The molecule has 1 nitrogen and oxygen atoms in total. The van der Waals surface area contributed by atoms with Crippen molar-refractivity contribution in [3.63, 3.8) is 0 Å². The summed E-state index contributed by atoms with van der Waals surface area (Å²) in [7, 11) is 0. The van der Waals surface area contributed by atoms with Crippen molar-refractivity contribution < 1.29 is 4.79 Å². The summed E-state index contributed by atoms with van der Waals surface area (Å²) >= 11 is 0. The van der Waals surface area contributed by atoms with Crippen LogP contribution in [0.25, 0.3) is 0 Å². The Bertz CT molecular complexity index is 328. The zero-order valence-corrected chi connectivity index (χ0v) is 9.92. The highest BCUT2D eigenvalue weighted by Gasteiger charge is 2.14. The highest BCUT2D eigenvalue weighted by atomic mass is 16.1. The molecule has 82 valence electrons. The molecule has 1 aromatic rings. The van der Waals surface area contributed by atoms with Gasteiger partial charge in [-0.15, -0.1) is 0 Å². The molecule has 1 atom stereocenters. The molecule has 0 N–H and O–H groups in total. The third-order valence-electron chi connectivity index (χ3n) is 2.86. The molecule has 1 heteroatoms. The summed E-state index contributed by atoms with van der Waals surface area (Å²) in [4.78, 5) is 11.6. The molecular weight excluding hydrogens is 184 g/mol. The summed E-state index contributed by atoms with van der Waals surface area (Å²) in [5.41, 5.74) is 2.55. The standard InChI is InChI=1S/C14H20O/c1-4-13(14(15)5-2)10-12-8-6-7-11(3)9-12/h6-9,13H,4-5,10H2,1-3H3. The highest BCUT2D eigenvalue weighted by Crippen LogP contribution is 2.15. The molecule has 15 heavy (non-hydrogen) atoms. The lowest BCUT2D eigenvalue weighted by molar-refractivity contribution is -0.122. The first-order valence-electron chi connectivity index (χ1n) is 5.75. The fraction of sp³-hybridized carbons (Fsp3) is 0.500. The minimum Gasteiger partial charge on any atom is -0.299 e. The molecule has 0 aliphatic heterocycles. The van der Waals surface area contributed by atoms with Crippen molar-refractivity contribution in [3.05, 3.63) is 35.4 Å². The van der Waals surface area contributed by atoms with Crippen LogP contribution in [0.5, 0.6) is 0 Å². The Labute approximate surface area is 92.5 Å². The zero-order chi connectivity index (χ0) is 11.3. The van der Waals surface area contributed by atoms with Crippen LogP contribution >= 0.6 is 0 Å². The van der Waals surface area contributed by atoms with Crippen molar-refractivity contribution in [1.29, 1.82) is 0 Å². The van der Waals surface area contributed by atoms with E-state index in [-0.39, 0.29) is 5.92 Å². The molecule has 1 aromatic carbocycles. The maximum Gasteiger partial charge on any atom is 0.136 e. The van der Waals surface area contributed by atoms with Crippen molar-refractivity contribution in [2.75, 3.05) is 0 Å². The number of benzene rings is 1. The monoisotopic (exact) mass is 204 g/mol. The van der Waals surface area contributed by atoms with Gasteiger partial charge in [0.05, 0.1) is 0 Å². The SMILES string of the molecule is CCC(=O)C(CC)Cc1cccc(C)c1. The first kappa shape index (κ1) is 12.0. The third kappa shape index (κ3) is 3.50. The molecule has 0 radical (unpaired) electrons. The van der Waals surface area contributed by atoms with E-state index in [1.54, 1.807) is 0 Å². The molecule has 1 rings (SSSR count). The first-order valence-corrected chi connectivity index (χ1v) is 5.75. The van der Waals surface area contributed by atoms with Crippen LogP contribution in [-0.4, -0.2) is 5.78 Å². The van der Waals surface area contributed by atoms with Crippen LogP contribution in [0, 0.1) is 12.8 Å². The van der Waals surface area contributed by atoms with Crippen LogP contribution in [0.15, 0.2) is 24.3 Å². The van der Waals surface area contributed by atoms with Crippen LogP contribution in [0.1, 0.15) is 37.8 Å². The van der Waals surface area contributed by atoms with Crippen LogP contribution in [0.2, 0.25) is 0 Å². The second-order valence-corrected chi connectivity index (χ2v) is 4.12. The maximum absolute atomic E-state index is 11.6. The topological polar surface area (TPSA) is 17.1 Å². The van der Waals surface area contributed by atoms with Gasteiger partial charge in [-0.1, -0.05) is 43.7 Å². The summed E-state index contributed by atoms with van der Waals surface area (Å²) in [6.45, 7) is 6.13. The van der Waals surface area contributed by atoms with Crippen molar-refractivity contribution in [1.82, 2.24) is 0 Å². The molecular formula is C14H20O. The molecule has 1 unspecified atom stereocenters. The molecule has 0 aliphatic rings. The molecule has 0 bridgehead atoms. The van der Waals surface area contributed by atoms with Gasteiger partial charge in [0.2, 0.25) is 0 Å². The van der Waals surface area contributed by atoms with Gasteiger partial charge in [0.1, 0.15) is 5.78 Å². The van der Waals surface area contributed by atoms with E-state index in [2.05, 4.69) is 38.1 Å². The Morgan fingerprint density at radius 2 is 2.07 bits per heavy atom.